The fraction of sp³-hybridized carbons (Fsp3) is 0.318. The van der Waals surface area contributed by atoms with Crippen molar-refractivity contribution >= 4 is 41.1 Å². The molecule has 182 valence electrons. The number of nitrogens with zero attached hydrogens (tertiary/aromatic N) is 5. The summed E-state index contributed by atoms with van der Waals surface area (Å²) in [4.78, 5) is 52.1. The molecule has 1 fully saturated rings. The summed E-state index contributed by atoms with van der Waals surface area (Å²) in [6, 6.07) is 4.27. The minimum Gasteiger partial charge on any atom is -0.543 e. The first-order valence-corrected chi connectivity index (χ1v) is 11.8. The Bertz CT molecular complexity index is 1250. The van der Waals surface area contributed by atoms with Gasteiger partial charge in [-0.05, 0) is 26.0 Å². The zero-order valence-electron chi connectivity index (χ0n) is 19.0. The van der Waals surface area contributed by atoms with Crippen LogP contribution in [0.4, 0.5) is 5.82 Å². The summed E-state index contributed by atoms with van der Waals surface area (Å²) >= 11 is 1.35. The molecule has 4 rings (SSSR count). The third-order valence-electron chi connectivity index (χ3n) is 5.30. The molecule has 0 spiro atoms. The Balaban J connectivity index is 1.54. The number of amides is 2. The van der Waals surface area contributed by atoms with Crippen molar-refractivity contribution in [2.45, 2.75) is 31.8 Å². The molecule has 0 aromatic carbocycles. The van der Waals surface area contributed by atoms with Gasteiger partial charge in [-0.2, -0.15) is 0 Å². The second-order valence-corrected chi connectivity index (χ2v) is 8.92. The number of β-lactam (4-membered cyclic amide) rings is 1. The molecule has 4 heterocycles. The fourth-order valence-corrected chi connectivity index (χ4v) is 5.11. The maximum absolute atomic E-state index is 13.0. The summed E-state index contributed by atoms with van der Waals surface area (Å²) in [5.41, 5.74) is 6.83. The zero-order chi connectivity index (χ0) is 25.1. The Morgan fingerprint density at radius 1 is 1.43 bits per heavy atom. The maximum atomic E-state index is 13.0. The third kappa shape index (κ3) is 4.94. The molecule has 13 heteroatoms. The Morgan fingerprint density at radius 2 is 2.23 bits per heavy atom. The standard InChI is InChI=1S/C22H23N7O5S/c1-3-34-27-15(18-24-7-6-14(23)25-18)19(30)26-16-20(31)29-17(22(32)33)13(11-35-21(16)29)10-28-8-4-5-12(2)9-28/h4-9,16,21H,3,10-11H2,1-2H3,(H3-,23,24,25,26,30,32,33)/b27-15+/t16?,21-/m1/s1. The van der Waals surface area contributed by atoms with Gasteiger partial charge in [0.2, 0.25) is 5.71 Å². The van der Waals surface area contributed by atoms with Gasteiger partial charge < -0.3 is 25.8 Å². The van der Waals surface area contributed by atoms with Gasteiger partial charge in [-0.25, -0.2) is 14.5 Å². The molecule has 12 nitrogen and oxygen atoms in total. The Hall–Kier alpha value is -4.00. The normalized spacial score (nSPS) is 19.7. The molecule has 0 saturated carbocycles. The Morgan fingerprint density at radius 3 is 2.91 bits per heavy atom. The Labute approximate surface area is 204 Å². The molecule has 2 aromatic heterocycles. The van der Waals surface area contributed by atoms with Crippen LogP contribution in [0, 0.1) is 6.92 Å². The number of carbonyl (C=O) groups is 3. The number of nitrogen functional groups attached to an aromatic ring is 1. The van der Waals surface area contributed by atoms with Gasteiger partial charge in [0.25, 0.3) is 11.8 Å². The number of rotatable bonds is 8. The minimum atomic E-state index is -1.44. The van der Waals surface area contributed by atoms with Crippen LogP contribution in [0.5, 0.6) is 0 Å². The van der Waals surface area contributed by atoms with E-state index in [2.05, 4.69) is 20.4 Å². The summed E-state index contributed by atoms with van der Waals surface area (Å²) in [6.45, 7) is 4.10. The van der Waals surface area contributed by atoms with Crippen LogP contribution in [-0.4, -0.2) is 62.1 Å². The SMILES string of the molecule is CCO/N=C(/C(=O)NC1C(=O)N2C(C(=O)[O-])=C(C[n+]3cccc(C)c3)CS[C@H]12)c1nccc(N)n1. The van der Waals surface area contributed by atoms with Gasteiger partial charge in [-0.15, -0.1) is 11.8 Å². The van der Waals surface area contributed by atoms with Gasteiger partial charge in [0.05, 0.1) is 11.7 Å². The first-order valence-electron chi connectivity index (χ1n) is 10.7. The van der Waals surface area contributed by atoms with E-state index in [9.17, 15) is 19.5 Å². The monoisotopic (exact) mass is 497 g/mol. The van der Waals surface area contributed by atoms with Crippen LogP contribution in [0.2, 0.25) is 0 Å². The number of anilines is 1. The van der Waals surface area contributed by atoms with Crippen LogP contribution in [0.15, 0.2) is 53.2 Å². The van der Waals surface area contributed by atoms with Crippen molar-refractivity contribution in [2.24, 2.45) is 5.16 Å². The van der Waals surface area contributed by atoms with E-state index >= 15 is 0 Å². The highest BCUT2D eigenvalue weighted by molar-refractivity contribution is 8.00. The van der Waals surface area contributed by atoms with E-state index in [0.29, 0.717) is 17.9 Å². The molecule has 1 saturated heterocycles. The molecular formula is C22H23N7O5S. The molecule has 2 amide bonds. The van der Waals surface area contributed by atoms with E-state index < -0.39 is 29.2 Å². The molecule has 2 aromatic rings. The molecule has 0 radical (unpaired) electrons. The number of carboxylic acids is 1. The first-order chi connectivity index (χ1) is 16.8. The van der Waals surface area contributed by atoms with Gasteiger partial charge in [-0.1, -0.05) is 5.16 Å². The van der Waals surface area contributed by atoms with E-state index in [0.717, 1.165) is 10.5 Å². The topological polar surface area (TPSA) is 167 Å². The number of aryl methyl sites for hydroxylation is 1. The van der Waals surface area contributed by atoms with E-state index in [1.54, 1.807) is 6.92 Å². The number of nitrogens with two attached hydrogens (primary N) is 1. The highest BCUT2D eigenvalue weighted by atomic mass is 32.2. The van der Waals surface area contributed by atoms with Gasteiger partial charge in [0.1, 0.15) is 23.8 Å². The number of thioether (sulfide) groups is 1. The summed E-state index contributed by atoms with van der Waals surface area (Å²) in [6.07, 6.45) is 5.07. The fourth-order valence-electron chi connectivity index (χ4n) is 3.77. The number of oxime groups is 1. The van der Waals surface area contributed by atoms with Crippen molar-refractivity contribution in [3.05, 3.63) is 59.4 Å². The number of fused-ring (bicyclic) bond motifs is 1. The molecule has 2 atom stereocenters. The van der Waals surface area contributed by atoms with Crippen molar-refractivity contribution in [2.75, 3.05) is 18.1 Å². The minimum absolute atomic E-state index is 0.0661. The molecule has 0 bridgehead atoms. The van der Waals surface area contributed by atoms with Crippen molar-refractivity contribution in [3.8, 4) is 0 Å². The van der Waals surface area contributed by atoms with Gasteiger partial charge >= 0.3 is 0 Å². The van der Waals surface area contributed by atoms with E-state index in [4.69, 9.17) is 10.6 Å². The number of aromatic nitrogens is 3. The van der Waals surface area contributed by atoms with E-state index in [1.807, 2.05) is 36.0 Å². The largest absolute Gasteiger partial charge is 0.543 e. The van der Waals surface area contributed by atoms with Crippen LogP contribution >= 0.6 is 11.8 Å². The van der Waals surface area contributed by atoms with Crippen LogP contribution in [0.3, 0.4) is 0 Å². The van der Waals surface area contributed by atoms with Crippen molar-refractivity contribution in [1.82, 2.24) is 20.2 Å². The maximum Gasteiger partial charge on any atom is 0.278 e. The Kier molecular flexibility index (Phi) is 6.96. The predicted molar refractivity (Wildman–Crippen MR) is 123 cm³/mol. The summed E-state index contributed by atoms with van der Waals surface area (Å²) in [5, 5.41) is 17.8. The lowest BCUT2D eigenvalue weighted by molar-refractivity contribution is -0.689. The average molecular weight is 498 g/mol. The highest BCUT2D eigenvalue weighted by Crippen LogP contribution is 2.40. The second kappa shape index (κ2) is 10.1. The predicted octanol–water partition coefficient (Wildman–Crippen LogP) is -1.50. The number of aliphatic carboxylic acids is 1. The van der Waals surface area contributed by atoms with Crippen LogP contribution < -0.4 is 20.7 Å². The lowest BCUT2D eigenvalue weighted by Crippen LogP contribution is -2.71. The van der Waals surface area contributed by atoms with Crippen LogP contribution in [-0.2, 0) is 25.8 Å². The van der Waals surface area contributed by atoms with Gasteiger partial charge in [0.15, 0.2) is 24.8 Å². The summed E-state index contributed by atoms with van der Waals surface area (Å²) in [7, 11) is 0. The highest BCUT2D eigenvalue weighted by Gasteiger charge is 2.53. The van der Waals surface area contributed by atoms with Crippen molar-refractivity contribution < 1.29 is 28.9 Å². The van der Waals surface area contributed by atoms with Crippen molar-refractivity contribution in [3.63, 3.8) is 0 Å². The van der Waals surface area contributed by atoms with E-state index in [1.165, 1.54) is 24.0 Å². The number of carbonyl (C=O) groups excluding carboxylic acids is 3. The van der Waals surface area contributed by atoms with Crippen molar-refractivity contribution in [1.29, 1.82) is 0 Å². The smallest absolute Gasteiger partial charge is 0.278 e. The van der Waals surface area contributed by atoms with Gasteiger partial charge in [0, 0.05) is 29.2 Å². The second-order valence-electron chi connectivity index (χ2n) is 7.82. The van der Waals surface area contributed by atoms with Crippen LogP contribution in [0.1, 0.15) is 18.3 Å². The van der Waals surface area contributed by atoms with Gasteiger partial charge in [-0.3, -0.25) is 14.5 Å². The molecule has 2 aliphatic rings. The summed E-state index contributed by atoms with van der Waals surface area (Å²) in [5.74, 6) is -2.34. The number of pyridine rings is 1. The molecule has 3 N–H and O–H groups in total. The van der Waals surface area contributed by atoms with Crippen LogP contribution in [0.25, 0.3) is 0 Å². The number of hydrogen-bond donors (Lipinski definition) is 2. The molecule has 1 unspecified atom stereocenters. The van der Waals surface area contributed by atoms with E-state index in [-0.39, 0.29) is 29.7 Å². The summed E-state index contributed by atoms with van der Waals surface area (Å²) < 4.78 is 1.85. The lowest BCUT2D eigenvalue weighted by Gasteiger charge is -2.50. The lowest BCUT2D eigenvalue weighted by atomic mass is 10.0. The molecular weight excluding hydrogens is 474 g/mol. The number of carboxylic acid groups (broad SMARTS) is 1. The number of hydrogen-bond acceptors (Lipinski definition) is 10. The molecule has 35 heavy (non-hydrogen) atoms. The zero-order valence-corrected chi connectivity index (χ0v) is 19.8. The average Bonchev–Trinajstić information content (AvgIpc) is 2.82. The number of nitrogens with one attached hydrogen (secondary N) is 1. The third-order valence-corrected chi connectivity index (χ3v) is 6.64. The molecule has 0 aliphatic carbocycles. The molecule has 2 aliphatic heterocycles. The first kappa shape index (κ1) is 24.1. The quantitative estimate of drug-likeness (QED) is 0.191.